The SMILES string of the molecule is C=CCn1c(-c2ccc(S(=O)(=O)N3CCOCC3)cc2)csc1=Nc1ccc(OC)cc1. The number of hydrogen-bond donors (Lipinski definition) is 0. The van der Waals surface area contributed by atoms with Gasteiger partial charge in [-0.25, -0.2) is 13.4 Å². The number of ether oxygens (including phenoxy) is 2. The van der Waals surface area contributed by atoms with E-state index in [2.05, 4.69) is 11.1 Å². The Hall–Kier alpha value is -2.72. The molecule has 0 unspecified atom stereocenters. The minimum atomic E-state index is -3.52. The number of morpholine rings is 1. The number of nitrogens with zero attached hydrogens (tertiary/aromatic N) is 3. The fourth-order valence-corrected chi connectivity index (χ4v) is 5.80. The summed E-state index contributed by atoms with van der Waals surface area (Å²) in [6.07, 6.45) is 1.82. The Bertz CT molecular complexity index is 1240. The third kappa shape index (κ3) is 4.71. The normalized spacial score (nSPS) is 15.6. The maximum Gasteiger partial charge on any atom is 0.243 e. The number of benzene rings is 2. The number of thiazole rings is 1. The third-order valence-electron chi connectivity index (χ3n) is 5.16. The van der Waals surface area contributed by atoms with Crippen molar-refractivity contribution in [3.05, 3.63) is 71.4 Å². The Morgan fingerprint density at radius 2 is 1.81 bits per heavy atom. The zero-order chi connectivity index (χ0) is 22.6. The summed E-state index contributed by atoms with van der Waals surface area (Å²) in [7, 11) is -1.89. The highest BCUT2D eigenvalue weighted by Gasteiger charge is 2.26. The average Bonchev–Trinajstić information content (AvgIpc) is 3.22. The van der Waals surface area contributed by atoms with Gasteiger partial charge < -0.3 is 14.0 Å². The van der Waals surface area contributed by atoms with Gasteiger partial charge in [0.2, 0.25) is 10.0 Å². The summed E-state index contributed by atoms with van der Waals surface area (Å²) in [6.45, 7) is 6.06. The van der Waals surface area contributed by atoms with E-state index in [9.17, 15) is 8.42 Å². The molecule has 1 aliphatic heterocycles. The van der Waals surface area contributed by atoms with Crippen LogP contribution in [0.15, 0.2) is 76.5 Å². The van der Waals surface area contributed by atoms with Gasteiger partial charge in [-0.2, -0.15) is 4.31 Å². The van der Waals surface area contributed by atoms with E-state index in [0.29, 0.717) is 32.8 Å². The largest absolute Gasteiger partial charge is 0.497 e. The highest BCUT2D eigenvalue weighted by molar-refractivity contribution is 7.89. The molecule has 9 heteroatoms. The van der Waals surface area contributed by atoms with E-state index in [1.165, 1.54) is 15.6 Å². The first-order valence-electron chi connectivity index (χ1n) is 10.2. The molecule has 0 atom stereocenters. The first-order chi connectivity index (χ1) is 15.5. The van der Waals surface area contributed by atoms with Crippen LogP contribution in [0.25, 0.3) is 11.3 Å². The highest BCUT2D eigenvalue weighted by atomic mass is 32.2. The quantitative estimate of drug-likeness (QED) is 0.493. The minimum Gasteiger partial charge on any atom is -0.497 e. The topological polar surface area (TPSA) is 73.1 Å². The monoisotopic (exact) mass is 471 g/mol. The summed E-state index contributed by atoms with van der Waals surface area (Å²) in [4.78, 5) is 5.88. The molecule has 0 saturated carbocycles. The summed E-state index contributed by atoms with van der Waals surface area (Å²) in [6, 6.07) is 14.6. The van der Waals surface area contributed by atoms with Gasteiger partial charge in [-0.1, -0.05) is 18.2 Å². The number of hydrogen-bond acceptors (Lipinski definition) is 6. The molecule has 0 aliphatic carbocycles. The fourth-order valence-electron chi connectivity index (χ4n) is 3.46. The Balaban J connectivity index is 1.66. The third-order valence-corrected chi connectivity index (χ3v) is 7.94. The minimum absolute atomic E-state index is 0.289. The maximum absolute atomic E-state index is 12.9. The number of sulfonamides is 1. The number of methoxy groups -OCH3 is 1. The Morgan fingerprint density at radius 3 is 2.44 bits per heavy atom. The first kappa shape index (κ1) is 22.5. The molecule has 7 nitrogen and oxygen atoms in total. The molecule has 2 aromatic carbocycles. The molecule has 3 aromatic rings. The van der Waals surface area contributed by atoms with Crippen LogP contribution in [0.3, 0.4) is 0 Å². The van der Waals surface area contributed by atoms with Gasteiger partial charge in [0.05, 0.1) is 36.6 Å². The second-order valence-corrected chi connectivity index (χ2v) is 9.93. The lowest BCUT2D eigenvalue weighted by Gasteiger charge is -2.26. The van der Waals surface area contributed by atoms with Gasteiger partial charge in [-0.3, -0.25) is 0 Å². The van der Waals surface area contributed by atoms with E-state index in [0.717, 1.165) is 27.5 Å². The van der Waals surface area contributed by atoms with Gasteiger partial charge in [-0.05, 0) is 42.0 Å². The fraction of sp³-hybridized carbons (Fsp3) is 0.261. The van der Waals surface area contributed by atoms with E-state index in [4.69, 9.17) is 14.5 Å². The first-order valence-corrected chi connectivity index (χ1v) is 12.5. The Morgan fingerprint density at radius 1 is 1.12 bits per heavy atom. The van der Waals surface area contributed by atoms with Crippen molar-refractivity contribution in [1.29, 1.82) is 0 Å². The summed E-state index contributed by atoms with van der Waals surface area (Å²) < 4.78 is 39.8. The lowest BCUT2D eigenvalue weighted by atomic mass is 10.2. The van der Waals surface area contributed by atoms with Crippen molar-refractivity contribution in [2.45, 2.75) is 11.4 Å². The van der Waals surface area contributed by atoms with Gasteiger partial charge >= 0.3 is 0 Å². The van der Waals surface area contributed by atoms with E-state index in [1.807, 2.05) is 47.9 Å². The van der Waals surface area contributed by atoms with Crippen LogP contribution >= 0.6 is 11.3 Å². The zero-order valence-electron chi connectivity index (χ0n) is 17.8. The van der Waals surface area contributed by atoms with Gasteiger partial charge in [0.1, 0.15) is 5.75 Å². The number of aromatic nitrogens is 1. The van der Waals surface area contributed by atoms with Crippen molar-refractivity contribution >= 4 is 27.0 Å². The van der Waals surface area contributed by atoms with Crippen LogP contribution in [-0.4, -0.2) is 50.7 Å². The molecule has 0 N–H and O–H groups in total. The second kappa shape index (κ2) is 9.83. The van der Waals surface area contributed by atoms with E-state index >= 15 is 0 Å². The average molecular weight is 472 g/mol. The van der Waals surface area contributed by atoms with Crippen molar-refractivity contribution in [3.63, 3.8) is 0 Å². The van der Waals surface area contributed by atoms with Crippen molar-refractivity contribution in [1.82, 2.24) is 8.87 Å². The Kier molecular flexibility index (Phi) is 6.90. The molecule has 1 saturated heterocycles. The maximum atomic E-state index is 12.9. The molecule has 1 fully saturated rings. The molecule has 168 valence electrons. The van der Waals surface area contributed by atoms with Crippen molar-refractivity contribution < 1.29 is 17.9 Å². The highest BCUT2D eigenvalue weighted by Crippen LogP contribution is 2.25. The van der Waals surface area contributed by atoms with Gasteiger partial charge in [0, 0.05) is 25.0 Å². The predicted molar refractivity (Wildman–Crippen MR) is 126 cm³/mol. The Labute approximate surface area is 191 Å². The van der Waals surface area contributed by atoms with E-state index in [-0.39, 0.29) is 4.90 Å². The molecule has 0 radical (unpaired) electrons. The molecule has 4 rings (SSSR count). The summed E-state index contributed by atoms with van der Waals surface area (Å²) in [5, 5.41) is 2.03. The van der Waals surface area contributed by atoms with Gasteiger partial charge in [-0.15, -0.1) is 17.9 Å². The summed E-state index contributed by atoms with van der Waals surface area (Å²) >= 11 is 1.53. The van der Waals surface area contributed by atoms with Crippen molar-refractivity contribution in [2.75, 3.05) is 33.4 Å². The smallest absolute Gasteiger partial charge is 0.243 e. The lowest BCUT2D eigenvalue weighted by molar-refractivity contribution is 0.0730. The van der Waals surface area contributed by atoms with Crippen LogP contribution in [0.1, 0.15) is 0 Å². The molecule has 0 amide bonds. The molecular formula is C23H25N3O4S2. The molecule has 32 heavy (non-hydrogen) atoms. The summed E-state index contributed by atoms with van der Waals surface area (Å²) in [5.41, 5.74) is 2.70. The van der Waals surface area contributed by atoms with E-state index in [1.54, 1.807) is 19.2 Å². The van der Waals surface area contributed by atoms with Crippen LogP contribution in [0, 0.1) is 0 Å². The van der Waals surface area contributed by atoms with Crippen LogP contribution in [0.2, 0.25) is 0 Å². The summed E-state index contributed by atoms with van der Waals surface area (Å²) in [5.74, 6) is 0.780. The molecule has 1 aromatic heterocycles. The zero-order valence-corrected chi connectivity index (χ0v) is 19.4. The molecule has 1 aliphatic rings. The van der Waals surface area contributed by atoms with Crippen LogP contribution in [-0.2, 0) is 21.3 Å². The standard InChI is InChI=1S/C23H25N3O4S2/c1-3-12-26-22(17-31-23(26)24-19-6-8-20(29-2)9-7-19)18-4-10-21(11-5-18)32(27,28)25-13-15-30-16-14-25/h3-11,17H,1,12-16H2,2H3. The van der Waals surface area contributed by atoms with Crippen molar-refractivity contribution in [2.24, 2.45) is 4.99 Å². The van der Waals surface area contributed by atoms with Gasteiger partial charge in [0.15, 0.2) is 4.80 Å². The molecule has 2 heterocycles. The van der Waals surface area contributed by atoms with Crippen LogP contribution in [0.5, 0.6) is 5.75 Å². The number of rotatable bonds is 7. The molecular weight excluding hydrogens is 446 g/mol. The lowest BCUT2D eigenvalue weighted by Crippen LogP contribution is -2.40. The molecule has 0 spiro atoms. The predicted octanol–water partition coefficient (Wildman–Crippen LogP) is 3.66. The number of allylic oxidation sites excluding steroid dienone is 1. The van der Waals surface area contributed by atoms with Crippen molar-refractivity contribution in [3.8, 4) is 17.0 Å². The second-order valence-electron chi connectivity index (χ2n) is 7.15. The molecule has 0 bridgehead atoms. The van der Waals surface area contributed by atoms with Gasteiger partial charge in [0.25, 0.3) is 0 Å². The van der Waals surface area contributed by atoms with E-state index < -0.39 is 10.0 Å². The van der Waals surface area contributed by atoms with Crippen LogP contribution < -0.4 is 9.54 Å². The van der Waals surface area contributed by atoms with Crippen LogP contribution in [0.4, 0.5) is 5.69 Å².